The van der Waals surface area contributed by atoms with Gasteiger partial charge >= 0.3 is 0 Å². The van der Waals surface area contributed by atoms with E-state index >= 15 is 0 Å². The van der Waals surface area contributed by atoms with Gasteiger partial charge in [-0.1, -0.05) is 18.2 Å². The monoisotopic (exact) mass is 266 g/mol. The van der Waals surface area contributed by atoms with Crippen LogP contribution < -0.4 is 10.6 Å². The highest BCUT2D eigenvalue weighted by Gasteiger charge is 2.29. The molecule has 1 aromatic carbocycles. The van der Waals surface area contributed by atoms with Gasteiger partial charge in [-0.25, -0.2) is 0 Å². The number of nitrogens with one attached hydrogen (secondary N) is 2. The van der Waals surface area contributed by atoms with Crippen LogP contribution >= 0.6 is 12.6 Å². The standard InChI is InChI=1S/C13H18N2O2S/c1-13(2,12(17)14-8-9-18)15-11(16)10-6-4-3-5-7-10/h3-7,18H,8-9H2,1-2H3,(H,14,17)(H,15,16). The van der Waals surface area contributed by atoms with E-state index in [0.29, 0.717) is 17.9 Å². The van der Waals surface area contributed by atoms with E-state index in [-0.39, 0.29) is 11.8 Å². The molecule has 2 N–H and O–H groups in total. The third-order valence-electron chi connectivity index (χ3n) is 2.43. The molecule has 5 heteroatoms. The van der Waals surface area contributed by atoms with Gasteiger partial charge in [-0.15, -0.1) is 0 Å². The van der Waals surface area contributed by atoms with Crippen molar-refractivity contribution < 1.29 is 9.59 Å². The van der Waals surface area contributed by atoms with Crippen molar-refractivity contribution in [3.63, 3.8) is 0 Å². The Bertz CT molecular complexity index is 418. The lowest BCUT2D eigenvalue weighted by molar-refractivity contribution is -0.126. The molecule has 0 spiro atoms. The van der Waals surface area contributed by atoms with E-state index in [1.807, 2.05) is 6.07 Å². The Hall–Kier alpha value is -1.49. The summed E-state index contributed by atoms with van der Waals surface area (Å²) in [5.74, 6) is 0.0801. The van der Waals surface area contributed by atoms with Gasteiger partial charge in [0.05, 0.1) is 0 Å². The normalized spacial score (nSPS) is 10.8. The van der Waals surface area contributed by atoms with Gasteiger partial charge in [-0.2, -0.15) is 12.6 Å². The van der Waals surface area contributed by atoms with E-state index in [1.165, 1.54) is 0 Å². The molecule has 0 aliphatic rings. The van der Waals surface area contributed by atoms with E-state index in [1.54, 1.807) is 38.1 Å². The summed E-state index contributed by atoms with van der Waals surface area (Å²) in [7, 11) is 0. The van der Waals surface area contributed by atoms with Crippen molar-refractivity contribution in [1.29, 1.82) is 0 Å². The fraction of sp³-hybridized carbons (Fsp3) is 0.385. The van der Waals surface area contributed by atoms with E-state index < -0.39 is 5.54 Å². The third kappa shape index (κ3) is 4.07. The number of carbonyl (C=O) groups excluding carboxylic acids is 2. The summed E-state index contributed by atoms with van der Waals surface area (Å²) in [5, 5.41) is 5.40. The molecule has 0 aliphatic heterocycles. The van der Waals surface area contributed by atoms with Gasteiger partial charge in [-0.3, -0.25) is 9.59 Å². The number of carbonyl (C=O) groups is 2. The predicted octanol–water partition coefficient (Wildman–Crippen LogP) is 1.24. The van der Waals surface area contributed by atoms with Crippen LogP contribution in [-0.4, -0.2) is 29.7 Å². The molecule has 0 saturated heterocycles. The lowest BCUT2D eigenvalue weighted by Crippen LogP contribution is -2.55. The largest absolute Gasteiger partial charge is 0.353 e. The van der Waals surface area contributed by atoms with Gasteiger partial charge in [0.15, 0.2) is 0 Å². The van der Waals surface area contributed by atoms with Crippen molar-refractivity contribution >= 4 is 24.4 Å². The first-order chi connectivity index (χ1) is 8.47. The number of benzene rings is 1. The third-order valence-corrected chi connectivity index (χ3v) is 2.65. The lowest BCUT2D eigenvalue weighted by Gasteiger charge is -2.25. The zero-order valence-corrected chi connectivity index (χ0v) is 11.5. The minimum Gasteiger partial charge on any atom is -0.353 e. The van der Waals surface area contributed by atoms with E-state index in [9.17, 15) is 9.59 Å². The summed E-state index contributed by atoms with van der Waals surface area (Å²) in [6.45, 7) is 3.82. The van der Waals surface area contributed by atoms with Crippen LogP contribution in [0, 0.1) is 0 Å². The topological polar surface area (TPSA) is 58.2 Å². The summed E-state index contributed by atoms with van der Waals surface area (Å²) < 4.78 is 0. The molecule has 0 aromatic heterocycles. The molecule has 1 aromatic rings. The van der Waals surface area contributed by atoms with Crippen LogP contribution in [0.2, 0.25) is 0 Å². The van der Waals surface area contributed by atoms with Crippen molar-refractivity contribution in [2.24, 2.45) is 0 Å². The molecule has 2 amide bonds. The molecule has 0 heterocycles. The number of thiol groups is 1. The van der Waals surface area contributed by atoms with Gasteiger partial charge < -0.3 is 10.6 Å². The summed E-state index contributed by atoms with van der Waals surface area (Å²) in [6, 6.07) is 8.81. The molecular weight excluding hydrogens is 248 g/mol. The maximum atomic E-state index is 11.9. The Kier molecular flexibility index (Phi) is 5.22. The van der Waals surface area contributed by atoms with Gasteiger partial charge in [0.2, 0.25) is 5.91 Å². The zero-order valence-electron chi connectivity index (χ0n) is 10.6. The average Bonchev–Trinajstić information content (AvgIpc) is 2.36. The highest BCUT2D eigenvalue weighted by atomic mass is 32.1. The SMILES string of the molecule is CC(C)(NC(=O)c1ccccc1)C(=O)NCCS. The zero-order chi connectivity index (χ0) is 13.6. The van der Waals surface area contributed by atoms with Crippen molar-refractivity contribution in [2.45, 2.75) is 19.4 Å². The Morgan fingerprint density at radius 3 is 2.39 bits per heavy atom. The molecule has 0 saturated carbocycles. The Balaban J connectivity index is 2.65. The molecule has 98 valence electrons. The van der Waals surface area contributed by atoms with Crippen LogP contribution in [0.4, 0.5) is 0 Å². The molecule has 0 unspecified atom stereocenters. The molecule has 18 heavy (non-hydrogen) atoms. The molecule has 0 fully saturated rings. The minimum absolute atomic E-state index is 0.221. The van der Waals surface area contributed by atoms with E-state index in [2.05, 4.69) is 23.3 Å². The van der Waals surface area contributed by atoms with Gasteiger partial charge in [0, 0.05) is 17.9 Å². The molecule has 0 radical (unpaired) electrons. The second-order valence-corrected chi connectivity index (χ2v) is 4.87. The maximum Gasteiger partial charge on any atom is 0.252 e. The van der Waals surface area contributed by atoms with Crippen LogP contribution in [-0.2, 0) is 4.79 Å². The van der Waals surface area contributed by atoms with Crippen LogP contribution in [0.1, 0.15) is 24.2 Å². The quantitative estimate of drug-likeness (QED) is 0.702. The van der Waals surface area contributed by atoms with Crippen molar-refractivity contribution in [3.05, 3.63) is 35.9 Å². The summed E-state index contributed by atoms with van der Waals surface area (Å²) in [4.78, 5) is 23.8. The molecule has 0 aliphatic carbocycles. The van der Waals surface area contributed by atoms with Crippen LogP contribution in [0.15, 0.2) is 30.3 Å². The molecule has 1 rings (SSSR count). The van der Waals surface area contributed by atoms with Crippen LogP contribution in [0.5, 0.6) is 0 Å². The van der Waals surface area contributed by atoms with E-state index in [4.69, 9.17) is 0 Å². The first-order valence-corrected chi connectivity index (χ1v) is 6.37. The van der Waals surface area contributed by atoms with Crippen LogP contribution in [0.25, 0.3) is 0 Å². The number of amides is 2. The lowest BCUT2D eigenvalue weighted by atomic mass is 10.0. The van der Waals surface area contributed by atoms with Crippen LogP contribution in [0.3, 0.4) is 0 Å². The molecule has 4 nitrogen and oxygen atoms in total. The highest BCUT2D eigenvalue weighted by molar-refractivity contribution is 7.80. The summed E-state index contributed by atoms with van der Waals surface area (Å²) in [6.07, 6.45) is 0. The highest BCUT2D eigenvalue weighted by Crippen LogP contribution is 2.06. The Morgan fingerprint density at radius 2 is 1.83 bits per heavy atom. The van der Waals surface area contributed by atoms with Gasteiger partial charge in [0.1, 0.15) is 5.54 Å². The van der Waals surface area contributed by atoms with Gasteiger partial charge in [-0.05, 0) is 26.0 Å². The number of hydrogen-bond donors (Lipinski definition) is 3. The average molecular weight is 266 g/mol. The van der Waals surface area contributed by atoms with Crippen molar-refractivity contribution in [1.82, 2.24) is 10.6 Å². The Morgan fingerprint density at radius 1 is 1.22 bits per heavy atom. The molecule has 0 atom stereocenters. The van der Waals surface area contributed by atoms with E-state index in [0.717, 1.165) is 0 Å². The molecular formula is C13H18N2O2S. The second kappa shape index (κ2) is 6.44. The minimum atomic E-state index is -0.949. The summed E-state index contributed by atoms with van der Waals surface area (Å²) in [5.41, 5.74) is -0.414. The second-order valence-electron chi connectivity index (χ2n) is 4.42. The van der Waals surface area contributed by atoms with Gasteiger partial charge in [0.25, 0.3) is 5.91 Å². The first kappa shape index (κ1) is 14.6. The molecule has 0 bridgehead atoms. The maximum absolute atomic E-state index is 11.9. The fourth-order valence-electron chi connectivity index (χ4n) is 1.39. The number of rotatable bonds is 5. The Labute approximate surface area is 113 Å². The van der Waals surface area contributed by atoms with Crippen molar-refractivity contribution in [2.75, 3.05) is 12.3 Å². The predicted molar refractivity (Wildman–Crippen MR) is 74.8 cm³/mol. The smallest absolute Gasteiger partial charge is 0.252 e. The summed E-state index contributed by atoms with van der Waals surface area (Å²) >= 11 is 4.02. The fourth-order valence-corrected chi connectivity index (χ4v) is 1.50. The first-order valence-electron chi connectivity index (χ1n) is 5.74. The number of hydrogen-bond acceptors (Lipinski definition) is 3. The van der Waals surface area contributed by atoms with Crippen molar-refractivity contribution in [3.8, 4) is 0 Å².